The van der Waals surface area contributed by atoms with Gasteiger partial charge in [-0.05, 0) is 19.3 Å². The van der Waals surface area contributed by atoms with Crippen molar-refractivity contribution in [3.63, 3.8) is 0 Å². The Bertz CT molecular complexity index is 1420. The van der Waals surface area contributed by atoms with Crippen LogP contribution >= 0.6 is 23.3 Å². The van der Waals surface area contributed by atoms with Gasteiger partial charge < -0.3 is 46.8 Å². The molecule has 0 bridgehead atoms. The number of aliphatic hydroxyl groups is 1. The monoisotopic (exact) mass is 611 g/mol. The number of fused-ring (bicyclic) bond motifs is 1. The van der Waals surface area contributed by atoms with Crippen LogP contribution in [-0.2, 0) is 37.6 Å². The number of oxime groups is 1. The van der Waals surface area contributed by atoms with Crippen molar-refractivity contribution in [2.75, 3.05) is 30.9 Å². The number of rotatable bonds is 11. The Hall–Kier alpha value is -3.94. The highest BCUT2D eigenvalue weighted by atomic mass is 32.2. The third-order valence-corrected chi connectivity index (χ3v) is 8.33. The molecule has 0 aromatic carbocycles. The summed E-state index contributed by atoms with van der Waals surface area (Å²) >= 11 is 2.07. The average Bonchev–Trinajstić information content (AvgIpc) is 3.48. The fraction of sp³-hybridized carbons (Fsp3) is 0.500. The lowest BCUT2D eigenvalue weighted by Crippen LogP contribution is -2.75. The molecule has 4 heterocycles. The summed E-state index contributed by atoms with van der Waals surface area (Å²) in [4.78, 5) is 48.5. The van der Waals surface area contributed by atoms with Gasteiger partial charge in [-0.25, -0.2) is 4.79 Å². The lowest BCUT2D eigenvalue weighted by Gasteiger charge is -2.53. The molecule has 222 valence electrons. The number of carbonyl (C=O) groups excluding carboxylic acids is 2. The van der Waals surface area contributed by atoms with Crippen molar-refractivity contribution in [3.8, 4) is 0 Å². The van der Waals surface area contributed by atoms with Gasteiger partial charge in [-0.15, -0.1) is 21.1 Å². The number of ether oxygens (including phenoxy) is 1. The molecule has 0 saturated carbocycles. The fourth-order valence-corrected chi connectivity index (χ4v) is 5.78. The van der Waals surface area contributed by atoms with E-state index in [9.17, 15) is 24.6 Å². The van der Waals surface area contributed by atoms with Gasteiger partial charge >= 0.3 is 5.97 Å². The number of nitrogens with one attached hydrogen (secondary N) is 2. The highest BCUT2D eigenvalue weighted by Gasteiger charge is 2.56. The van der Waals surface area contributed by atoms with E-state index < -0.39 is 52.8 Å². The van der Waals surface area contributed by atoms with Gasteiger partial charge in [-0.2, -0.15) is 9.36 Å². The van der Waals surface area contributed by atoms with E-state index in [2.05, 4.69) is 25.1 Å². The Kier molecular flexibility index (Phi) is 8.43. The van der Waals surface area contributed by atoms with Crippen molar-refractivity contribution in [1.82, 2.24) is 24.3 Å². The van der Waals surface area contributed by atoms with Crippen molar-refractivity contribution in [2.45, 2.75) is 49.7 Å². The smallest absolute Gasteiger partial charge is 0.350 e. The van der Waals surface area contributed by atoms with E-state index in [1.807, 2.05) is 10.1 Å². The van der Waals surface area contributed by atoms with Crippen LogP contribution in [0.1, 0.15) is 19.7 Å². The maximum atomic E-state index is 13.4. The number of aromatic nitrogens is 4. The van der Waals surface area contributed by atoms with Crippen LogP contribution in [0.2, 0.25) is 0 Å². The average molecular weight is 612 g/mol. The van der Waals surface area contributed by atoms with Crippen molar-refractivity contribution in [2.24, 2.45) is 12.2 Å². The molecule has 1 fully saturated rings. The first-order valence-corrected chi connectivity index (χ1v) is 13.8. The summed E-state index contributed by atoms with van der Waals surface area (Å²) in [5.41, 5.74) is 10.9. The van der Waals surface area contributed by atoms with Gasteiger partial charge in [-0.1, -0.05) is 5.16 Å². The molecule has 19 heteroatoms. The summed E-state index contributed by atoms with van der Waals surface area (Å²) in [6.07, 6.45) is 0.455. The number of nitrogens with zero attached hydrogens (tertiary/aromatic N) is 6. The Morgan fingerprint density at radius 1 is 1.37 bits per heavy atom. The third kappa shape index (κ3) is 5.65. The van der Waals surface area contributed by atoms with Crippen molar-refractivity contribution in [1.29, 1.82) is 0 Å². The maximum Gasteiger partial charge on any atom is 0.350 e. The molecule has 2 aliphatic heterocycles. The number of hydrogen-bond donors (Lipinski definition) is 6. The Morgan fingerprint density at radius 3 is 2.63 bits per heavy atom. The first kappa shape index (κ1) is 30.0. The molecule has 2 aromatic rings. The van der Waals surface area contributed by atoms with E-state index in [-0.39, 0.29) is 11.0 Å². The van der Waals surface area contributed by atoms with Gasteiger partial charge in [-0.3, -0.25) is 9.59 Å². The lowest BCUT2D eigenvalue weighted by molar-refractivity contribution is -0.765. The van der Waals surface area contributed by atoms with Crippen LogP contribution in [0.15, 0.2) is 22.3 Å². The minimum Gasteiger partial charge on any atom is -0.478 e. The maximum absolute atomic E-state index is 13.4. The number of anilines is 3. The molecule has 2 aliphatic rings. The minimum absolute atomic E-state index is 0.0421. The zero-order valence-electron chi connectivity index (χ0n) is 22.8. The minimum atomic E-state index is -1.77. The molecule has 0 aliphatic carbocycles. The summed E-state index contributed by atoms with van der Waals surface area (Å²) in [5.74, 6) is -2.37. The topological polar surface area (TPSA) is 236 Å². The first-order valence-electron chi connectivity index (χ1n) is 12.1. The molecule has 0 radical (unpaired) electrons. The van der Waals surface area contributed by atoms with E-state index in [1.165, 1.54) is 37.6 Å². The molecule has 8 N–H and O–H groups in total. The number of carboxylic acids is 1. The Balaban J connectivity index is 1.57. The molecule has 17 nitrogen and oxygen atoms in total. The molecule has 4 atom stereocenters. The summed E-state index contributed by atoms with van der Waals surface area (Å²) in [5, 5.41) is 30.6. The number of β-lactam (4-membered cyclic amide) rings is 1. The van der Waals surface area contributed by atoms with Crippen LogP contribution < -0.4 is 26.8 Å². The second-order valence-corrected chi connectivity index (χ2v) is 11.4. The molecule has 4 rings (SSSR count). The summed E-state index contributed by atoms with van der Waals surface area (Å²) in [7, 11) is 4.85. The van der Waals surface area contributed by atoms with Crippen molar-refractivity contribution in [3.05, 3.63) is 23.0 Å². The molecule has 2 amide bonds. The Labute approximate surface area is 242 Å². The third-order valence-electron chi connectivity index (χ3n) is 6.57. The zero-order valence-corrected chi connectivity index (χ0v) is 24.4. The highest BCUT2D eigenvalue weighted by Crippen LogP contribution is 2.41. The van der Waals surface area contributed by atoms with E-state index in [4.69, 9.17) is 21.0 Å². The summed E-state index contributed by atoms with van der Waals surface area (Å²) < 4.78 is 12.7. The first-order chi connectivity index (χ1) is 19.3. The summed E-state index contributed by atoms with van der Waals surface area (Å²) in [6, 6.07) is -1.86. The number of methoxy groups -OCH3 is 1. The lowest BCUT2D eigenvalue weighted by atomic mass is 9.97. The van der Waals surface area contributed by atoms with Crippen LogP contribution in [0, 0.1) is 0 Å². The number of amides is 2. The van der Waals surface area contributed by atoms with Crippen LogP contribution in [0.3, 0.4) is 0 Å². The second-order valence-electron chi connectivity index (χ2n) is 9.59. The van der Waals surface area contributed by atoms with Gasteiger partial charge in [0.15, 0.2) is 23.8 Å². The van der Waals surface area contributed by atoms with Crippen LogP contribution in [0.4, 0.5) is 16.6 Å². The van der Waals surface area contributed by atoms with Crippen LogP contribution in [0.5, 0.6) is 0 Å². The number of thioether (sulfide) groups is 1. The predicted octanol–water partition coefficient (Wildman–Crippen LogP) is -1.73. The standard InChI is InChI=1S/C22H30N10O7S2/c1-22(2,20(36)37)39-28-11(15-27-21(24)41-29-15)16(33)26-12-17(34)32-13(19(35)38-5)9(8-40-18(12)32)6-31-7-10(25-3)14(23)30(31)4/h7-8,12-13,18-19,23,25,35H,6H2,1-5H3,(H4,24,26,27,29,33,36,37)/p+1/b28-11-. The molecular weight excluding hydrogens is 580 g/mol. The summed E-state index contributed by atoms with van der Waals surface area (Å²) in [6.45, 7) is 2.78. The number of aliphatic hydroxyl groups excluding tert-OH is 1. The Morgan fingerprint density at radius 2 is 2.07 bits per heavy atom. The number of nitrogens with two attached hydrogens (primary N) is 2. The SMILES string of the molecule is CNc1c[n+](CC2=CSC3C(NC(=O)/C(=N\OC(C)(C)C(=O)O)c4nsc(N)n4)C(=O)N3C2C(O)OC)n(C)c1N. The molecular formula is C22H31N10O7S2+. The van der Waals surface area contributed by atoms with Gasteiger partial charge in [0.2, 0.25) is 29.2 Å². The van der Waals surface area contributed by atoms with Gasteiger partial charge in [0.1, 0.15) is 23.1 Å². The predicted molar refractivity (Wildman–Crippen MR) is 148 cm³/mol. The van der Waals surface area contributed by atoms with Gasteiger partial charge in [0.25, 0.3) is 5.91 Å². The fourth-order valence-electron chi connectivity index (χ4n) is 4.11. The molecule has 0 spiro atoms. The van der Waals surface area contributed by atoms with Gasteiger partial charge in [0.05, 0.1) is 7.05 Å². The molecule has 4 unspecified atom stereocenters. The quantitative estimate of drug-likeness (QED) is 0.0545. The van der Waals surface area contributed by atoms with Crippen molar-refractivity contribution >= 4 is 63.4 Å². The van der Waals surface area contributed by atoms with E-state index in [0.717, 1.165) is 11.5 Å². The van der Waals surface area contributed by atoms with Crippen LogP contribution in [-0.4, -0.2) is 96.2 Å². The number of carboxylic acid groups (broad SMARTS) is 1. The molecule has 1 saturated heterocycles. The molecule has 41 heavy (non-hydrogen) atoms. The number of nitrogen functional groups attached to an aromatic ring is 2. The number of carbonyl (C=O) groups is 3. The van der Waals surface area contributed by atoms with E-state index in [0.29, 0.717) is 23.6 Å². The normalized spacial score (nSPS) is 21.5. The van der Waals surface area contributed by atoms with Gasteiger partial charge in [0, 0.05) is 31.3 Å². The van der Waals surface area contributed by atoms with Crippen molar-refractivity contribution < 1.29 is 38.9 Å². The highest BCUT2D eigenvalue weighted by molar-refractivity contribution is 8.02. The molecule has 2 aromatic heterocycles. The van der Waals surface area contributed by atoms with Crippen LogP contribution in [0.25, 0.3) is 0 Å². The zero-order chi connectivity index (χ0) is 30.2. The second kappa shape index (κ2) is 11.5. The number of aliphatic carboxylic acids is 1. The van der Waals surface area contributed by atoms with E-state index in [1.54, 1.807) is 25.0 Å². The largest absolute Gasteiger partial charge is 0.478 e. The number of hydrogen-bond acceptors (Lipinski definition) is 14. The van der Waals surface area contributed by atoms with E-state index >= 15 is 0 Å².